The molecule has 1 unspecified atom stereocenters. The maximum absolute atomic E-state index is 9.01. The van der Waals surface area contributed by atoms with E-state index in [9.17, 15) is 0 Å². The Morgan fingerprint density at radius 1 is 1.37 bits per heavy atom. The molecule has 1 aromatic rings. The Morgan fingerprint density at radius 3 is 2.79 bits per heavy atom. The third-order valence-electron chi connectivity index (χ3n) is 3.66. The molecular weight excluding hydrogens is 234 g/mol. The summed E-state index contributed by atoms with van der Waals surface area (Å²) in [5.74, 6) is 0. The highest BCUT2D eigenvalue weighted by Gasteiger charge is 2.24. The normalized spacial score (nSPS) is 20.4. The Labute approximate surface area is 116 Å². The number of rotatable bonds is 5. The number of nitrogens with one attached hydrogen (secondary N) is 1. The smallest absolute Gasteiger partial charge is 0.0697 e. The minimum atomic E-state index is -0.271. The molecule has 1 saturated heterocycles. The van der Waals surface area contributed by atoms with Crippen molar-refractivity contribution in [2.24, 2.45) is 5.41 Å². The first-order valence-corrected chi connectivity index (χ1v) is 7.00. The van der Waals surface area contributed by atoms with E-state index in [1.54, 1.807) is 0 Å². The first-order chi connectivity index (χ1) is 9.09. The Hall–Kier alpha value is -1.37. The van der Waals surface area contributed by atoms with Crippen LogP contribution in [0.4, 0.5) is 0 Å². The van der Waals surface area contributed by atoms with Crippen LogP contribution in [-0.2, 0) is 6.54 Å². The van der Waals surface area contributed by atoms with Crippen molar-refractivity contribution in [1.29, 1.82) is 5.26 Å². The molecule has 3 heteroatoms. The van der Waals surface area contributed by atoms with Crippen molar-refractivity contribution in [1.82, 2.24) is 10.2 Å². The SMILES string of the molecule is CC(C)(C#N)CNC1CCN(Cc2ccccc2)C1. The molecule has 0 aliphatic carbocycles. The molecular formula is C16H23N3. The summed E-state index contributed by atoms with van der Waals surface area (Å²) in [7, 11) is 0. The lowest BCUT2D eigenvalue weighted by molar-refractivity contribution is 0.314. The summed E-state index contributed by atoms with van der Waals surface area (Å²) in [6.07, 6.45) is 1.17. The van der Waals surface area contributed by atoms with Gasteiger partial charge in [-0.05, 0) is 25.8 Å². The lowest BCUT2D eigenvalue weighted by Crippen LogP contribution is -2.38. The second kappa shape index (κ2) is 6.18. The standard InChI is InChI=1S/C16H23N3/c1-16(2,12-17)13-18-15-8-9-19(11-15)10-14-6-4-3-5-7-14/h3-7,15,18H,8-11,13H2,1-2H3. The third-order valence-corrected chi connectivity index (χ3v) is 3.66. The minimum absolute atomic E-state index is 0.271. The van der Waals surface area contributed by atoms with E-state index in [1.807, 2.05) is 13.8 Å². The van der Waals surface area contributed by atoms with Gasteiger partial charge in [0.1, 0.15) is 0 Å². The van der Waals surface area contributed by atoms with Crippen molar-refractivity contribution >= 4 is 0 Å². The summed E-state index contributed by atoms with van der Waals surface area (Å²) in [5.41, 5.74) is 1.10. The molecule has 0 amide bonds. The molecule has 19 heavy (non-hydrogen) atoms. The third kappa shape index (κ3) is 4.34. The second-order valence-electron chi connectivity index (χ2n) is 6.08. The predicted octanol–water partition coefficient (Wildman–Crippen LogP) is 2.40. The summed E-state index contributed by atoms with van der Waals surface area (Å²) in [4.78, 5) is 2.48. The van der Waals surface area contributed by atoms with E-state index in [-0.39, 0.29) is 5.41 Å². The number of nitrogens with zero attached hydrogens (tertiary/aromatic N) is 2. The van der Waals surface area contributed by atoms with Gasteiger partial charge in [-0.1, -0.05) is 30.3 Å². The van der Waals surface area contributed by atoms with Crippen LogP contribution in [0.1, 0.15) is 25.8 Å². The molecule has 1 aliphatic heterocycles. The van der Waals surface area contributed by atoms with Gasteiger partial charge in [0, 0.05) is 32.2 Å². The molecule has 1 heterocycles. The van der Waals surface area contributed by atoms with Crippen LogP contribution in [0.3, 0.4) is 0 Å². The second-order valence-corrected chi connectivity index (χ2v) is 6.08. The van der Waals surface area contributed by atoms with Gasteiger partial charge < -0.3 is 5.32 Å². The molecule has 1 aliphatic rings. The van der Waals surface area contributed by atoms with Crippen LogP contribution in [0.2, 0.25) is 0 Å². The fourth-order valence-corrected chi connectivity index (χ4v) is 2.42. The van der Waals surface area contributed by atoms with Gasteiger partial charge in [-0.25, -0.2) is 0 Å². The number of hydrogen-bond donors (Lipinski definition) is 1. The molecule has 1 fully saturated rings. The van der Waals surface area contributed by atoms with Crippen molar-refractivity contribution in [2.75, 3.05) is 19.6 Å². The van der Waals surface area contributed by atoms with Crippen molar-refractivity contribution in [3.05, 3.63) is 35.9 Å². The van der Waals surface area contributed by atoms with Gasteiger partial charge >= 0.3 is 0 Å². The summed E-state index contributed by atoms with van der Waals surface area (Å²) < 4.78 is 0. The summed E-state index contributed by atoms with van der Waals surface area (Å²) in [5, 5.41) is 12.5. The van der Waals surface area contributed by atoms with Gasteiger partial charge in [0.15, 0.2) is 0 Å². The summed E-state index contributed by atoms with van der Waals surface area (Å²) >= 11 is 0. The molecule has 0 bridgehead atoms. The van der Waals surface area contributed by atoms with Gasteiger partial charge in [0.05, 0.1) is 11.5 Å². The van der Waals surface area contributed by atoms with E-state index in [0.29, 0.717) is 6.04 Å². The quantitative estimate of drug-likeness (QED) is 0.880. The van der Waals surface area contributed by atoms with Gasteiger partial charge in [-0.3, -0.25) is 4.90 Å². The van der Waals surface area contributed by atoms with Gasteiger partial charge in [-0.15, -0.1) is 0 Å². The topological polar surface area (TPSA) is 39.1 Å². The average Bonchev–Trinajstić information content (AvgIpc) is 2.86. The maximum atomic E-state index is 9.01. The van der Waals surface area contributed by atoms with Crippen molar-refractivity contribution < 1.29 is 0 Å². The zero-order valence-electron chi connectivity index (χ0n) is 11.9. The van der Waals surface area contributed by atoms with Crippen LogP contribution in [-0.4, -0.2) is 30.6 Å². The number of hydrogen-bond acceptors (Lipinski definition) is 3. The first kappa shape index (κ1) is 14.0. The monoisotopic (exact) mass is 257 g/mol. The molecule has 102 valence electrons. The first-order valence-electron chi connectivity index (χ1n) is 7.00. The van der Waals surface area contributed by atoms with E-state index >= 15 is 0 Å². The van der Waals surface area contributed by atoms with Crippen LogP contribution in [0.25, 0.3) is 0 Å². The Morgan fingerprint density at radius 2 is 2.11 bits per heavy atom. The van der Waals surface area contributed by atoms with Crippen LogP contribution in [0.15, 0.2) is 30.3 Å². The van der Waals surface area contributed by atoms with Crippen molar-refractivity contribution in [3.63, 3.8) is 0 Å². The van der Waals surface area contributed by atoms with Crippen LogP contribution in [0.5, 0.6) is 0 Å². The van der Waals surface area contributed by atoms with E-state index in [4.69, 9.17) is 5.26 Å². The lowest BCUT2D eigenvalue weighted by atomic mass is 9.95. The number of likely N-dealkylation sites (tertiary alicyclic amines) is 1. The fourth-order valence-electron chi connectivity index (χ4n) is 2.42. The van der Waals surface area contributed by atoms with E-state index in [2.05, 4.69) is 46.6 Å². The van der Waals surface area contributed by atoms with Crippen LogP contribution < -0.4 is 5.32 Å². The molecule has 1 aromatic carbocycles. The molecule has 2 rings (SSSR count). The van der Waals surface area contributed by atoms with E-state index < -0.39 is 0 Å². The molecule has 3 nitrogen and oxygen atoms in total. The summed E-state index contributed by atoms with van der Waals surface area (Å²) in [6, 6.07) is 13.5. The lowest BCUT2D eigenvalue weighted by Gasteiger charge is -2.20. The van der Waals surface area contributed by atoms with Gasteiger partial charge in [0.2, 0.25) is 0 Å². The van der Waals surface area contributed by atoms with Crippen molar-refractivity contribution in [3.8, 4) is 6.07 Å². The Kier molecular flexibility index (Phi) is 4.57. The van der Waals surface area contributed by atoms with Gasteiger partial charge in [0.25, 0.3) is 0 Å². The highest BCUT2D eigenvalue weighted by Crippen LogP contribution is 2.16. The maximum Gasteiger partial charge on any atom is 0.0697 e. The van der Waals surface area contributed by atoms with Gasteiger partial charge in [-0.2, -0.15) is 5.26 Å². The van der Waals surface area contributed by atoms with Crippen molar-refractivity contribution in [2.45, 2.75) is 32.9 Å². The predicted molar refractivity (Wildman–Crippen MR) is 77.5 cm³/mol. The van der Waals surface area contributed by atoms with Crippen LogP contribution in [0, 0.1) is 16.7 Å². The molecule has 1 N–H and O–H groups in total. The molecule has 1 atom stereocenters. The van der Waals surface area contributed by atoms with Crippen LogP contribution >= 0.6 is 0 Å². The Bertz CT molecular complexity index is 433. The highest BCUT2D eigenvalue weighted by molar-refractivity contribution is 5.14. The highest BCUT2D eigenvalue weighted by atomic mass is 15.2. The number of nitriles is 1. The zero-order valence-corrected chi connectivity index (χ0v) is 11.9. The average molecular weight is 257 g/mol. The largest absolute Gasteiger partial charge is 0.311 e. The molecule has 0 spiro atoms. The number of benzene rings is 1. The Balaban J connectivity index is 1.76. The molecule has 0 radical (unpaired) electrons. The van der Waals surface area contributed by atoms with E-state index in [0.717, 1.165) is 26.2 Å². The minimum Gasteiger partial charge on any atom is -0.311 e. The molecule has 0 aromatic heterocycles. The zero-order chi connectivity index (χ0) is 13.7. The molecule has 0 saturated carbocycles. The summed E-state index contributed by atoms with van der Waals surface area (Å²) in [6.45, 7) is 7.98. The fraction of sp³-hybridized carbons (Fsp3) is 0.562. The van der Waals surface area contributed by atoms with E-state index in [1.165, 1.54) is 12.0 Å².